The molecule has 6 heteroatoms. The Bertz CT molecular complexity index is 996. The second kappa shape index (κ2) is 10.0. The predicted octanol–water partition coefficient (Wildman–Crippen LogP) is 5.03. The molecule has 0 atom stereocenters. The fourth-order valence-electron chi connectivity index (χ4n) is 3.15. The third-order valence-electron chi connectivity index (χ3n) is 4.75. The highest BCUT2D eigenvalue weighted by atomic mass is 35.5. The SMILES string of the molecule is CCCCc1ncc(/C=C(\Cc2ccncc2)C(=O)O)n1Cc1ccccc1Cl. The number of carboxylic acids is 1. The highest BCUT2D eigenvalue weighted by Gasteiger charge is 2.14. The van der Waals surface area contributed by atoms with Crippen LogP contribution >= 0.6 is 11.6 Å². The summed E-state index contributed by atoms with van der Waals surface area (Å²) in [7, 11) is 0. The first-order chi connectivity index (χ1) is 14.1. The molecule has 5 nitrogen and oxygen atoms in total. The van der Waals surface area contributed by atoms with Gasteiger partial charge in [0.1, 0.15) is 5.82 Å². The number of aliphatic carboxylic acids is 1. The summed E-state index contributed by atoms with van der Waals surface area (Å²) in [6, 6.07) is 11.3. The van der Waals surface area contributed by atoms with Crippen molar-refractivity contribution in [2.45, 2.75) is 39.2 Å². The van der Waals surface area contributed by atoms with E-state index in [0.717, 1.165) is 41.9 Å². The molecule has 0 saturated heterocycles. The lowest BCUT2D eigenvalue weighted by molar-refractivity contribution is -0.132. The van der Waals surface area contributed by atoms with Gasteiger partial charge in [-0.05, 0) is 41.8 Å². The quantitative estimate of drug-likeness (QED) is 0.503. The lowest BCUT2D eigenvalue weighted by Crippen LogP contribution is -2.09. The Morgan fingerprint density at radius 2 is 1.97 bits per heavy atom. The van der Waals surface area contributed by atoms with Crippen molar-refractivity contribution < 1.29 is 9.90 Å². The molecule has 0 radical (unpaired) electrons. The number of pyridine rings is 1. The van der Waals surface area contributed by atoms with Crippen LogP contribution in [0.3, 0.4) is 0 Å². The number of imidazole rings is 1. The van der Waals surface area contributed by atoms with Crippen LogP contribution in [0.1, 0.15) is 42.4 Å². The average molecular weight is 410 g/mol. The normalized spacial score (nSPS) is 11.6. The summed E-state index contributed by atoms with van der Waals surface area (Å²) in [6.45, 7) is 2.69. The second-order valence-electron chi connectivity index (χ2n) is 6.89. The van der Waals surface area contributed by atoms with E-state index in [1.165, 1.54) is 0 Å². The fraction of sp³-hybridized carbons (Fsp3) is 0.261. The molecule has 0 bridgehead atoms. The van der Waals surface area contributed by atoms with Crippen LogP contribution in [-0.2, 0) is 24.2 Å². The number of carboxylic acid groups (broad SMARTS) is 1. The average Bonchev–Trinajstić information content (AvgIpc) is 3.09. The van der Waals surface area contributed by atoms with Crippen molar-refractivity contribution in [1.82, 2.24) is 14.5 Å². The number of aryl methyl sites for hydroxylation is 1. The number of hydrogen-bond acceptors (Lipinski definition) is 3. The second-order valence-corrected chi connectivity index (χ2v) is 7.29. The van der Waals surface area contributed by atoms with Crippen molar-refractivity contribution in [2.75, 3.05) is 0 Å². The van der Waals surface area contributed by atoms with Gasteiger partial charge in [0, 0.05) is 35.8 Å². The van der Waals surface area contributed by atoms with E-state index in [9.17, 15) is 9.90 Å². The number of rotatable bonds is 9. The lowest BCUT2D eigenvalue weighted by atomic mass is 10.1. The van der Waals surface area contributed by atoms with Gasteiger partial charge >= 0.3 is 5.97 Å². The van der Waals surface area contributed by atoms with Crippen molar-refractivity contribution >= 4 is 23.6 Å². The molecule has 0 aliphatic heterocycles. The monoisotopic (exact) mass is 409 g/mol. The Hall–Kier alpha value is -2.92. The van der Waals surface area contributed by atoms with Gasteiger partial charge < -0.3 is 9.67 Å². The summed E-state index contributed by atoms with van der Waals surface area (Å²) in [5, 5.41) is 10.4. The van der Waals surface area contributed by atoms with E-state index in [1.807, 2.05) is 36.4 Å². The molecule has 2 heterocycles. The molecule has 0 unspecified atom stereocenters. The zero-order chi connectivity index (χ0) is 20.6. The summed E-state index contributed by atoms with van der Waals surface area (Å²) in [6.07, 6.45) is 10.0. The molecule has 0 amide bonds. The largest absolute Gasteiger partial charge is 0.478 e. The van der Waals surface area contributed by atoms with Gasteiger partial charge in [-0.15, -0.1) is 0 Å². The number of unbranched alkanes of at least 4 members (excludes halogenated alkanes) is 1. The van der Waals surface area contributed by atoms with E-state index in [4.69, 9.17) is 11.6 Å². The molecule has 0 aliphatic rings. The molecule has 0 spiro atoms. The van der Waals surface area contributed by atoms with Crippen molar-refractivity contribution in [1.29, 1.82) is 0 Å². The predicted molar refractivity (Wildman–Crippen MR) is 115 cm³/mol. The smallest absolute Gasteiger partial charge is 0.331 e. The van der Waals surface area contributed by atoms with Crippen LogP contribution in [0.4, 0.5) is 0 Å². The first-order valence-corrected chi connectivity index (χ1v) is 10.1. The third kappa shape index (κ3) is 5.55. The van der Waals surface area contributed by atoms with Crippen molar-refractivity contribution in [3.05, 3.63) is 88.2 Å². The maximum atomic E-state index is 11.9. The Morgan fingerprint density at radius 1 is 1.21 bits per heavy atom. The minimum Gasteiger partial charge on any atom is -0.478 e. The Balaban J connectivity index is 1.98. The van der Waals surface area contributed by atoms with Gasteiger partial charge in [0.05, 0.1) is 18.4 Å². The molecule has 0 fully saturated rings. The van der Waals surface area contributed by atoms with Gasteiger partial charge in [-0.2, -0.15) is 0 Å². The number of halogens is 1. The molecule has 0 saturated carbocycles. The van der Waals surface area contributed by atoms with Crippen molar-refractivity contribution in [3.63, 3.8) is 0 Å². The maximum absolute atomic E-state index is 11.9. The molecule has 29 heavy (non-hydrogen) atoms. The van der Waals surface area contributed by atoms with Crippen LogP contribution in [0.25, 0.3) is 6.08 Å². The number of nitrogens with zero attached hydrogens (tertiary/aromatic N) is 3. The molecular weight excluding hydrogens is 386 g/mol. The first-order valence-electron chi connectivity index (χ1n) is 9.69. The van der Waals surface area contributed by atoms with E-state index in [2.05, 4.69) is 21.5 Å². The van der Waals surface area contributed by atoms with E-state index in [0.29, 0.717) is 23.6 Å². The molecule has 3 aromatic rings. The zero-order valence-electron chi connectivity index (χ0n) is 16.4. The number of carbonyl (C=O) groups is 1. The van der Waals surface area contributed by atoms with Crippen LogP contribution in [0.2, 0.25) is 5.02 Å². The van der Waals surface area contributed by atoms with Crippen molar-refractivity contribution in [2.24, 2.45) is 0 Å². The van der Waals surface area contributed by atoms with Gasteiger partial charge in [0.2, 0.25) is 0 Å². The molecule has 2 aromatic heterocycles. The molecule has 1 aromatic carbocycles. The number of aromatic nitrogens is 3. The molecule has 150 valence electrons. The molecule has 1 N–H and O–H groups in total. The topological polar surface area (TPSA) is 68.0 Å². The summed E-state index contributed by atoms with van der Waals surface area (Å²) < 4.78 is 2.06. The minimum absolute atomic E-state index is 0.304. The summed E-state index contributed by atoms with van der Waals surface area (Å²) in [5.41, 5.74) is 2.95. The van der Waals surface area contributed by atoms with E-state index < -0.39 is 5.97 Å². The highest BCUT2D eigenvalue weighted by molar-refractivity contribution is 6.31. The van der Waals surface area contributed by atoms with Crippen molar-refractivity contribution in [3.8, 4) is 0 Å². The Labute approximate surface area is 175 Å². The lowest BCUT2D eigenvalue weighted by Gasteiger charge is -2.12. The zero-order valence-corrected chi connectivity index (χ0v) is 17.1. The molecule has 0 aliphatic carbocycles. The van der Waals surface area contributed by atoms with Gasteiger partial charge in [-0.1, -0.05) is 43.1 Å². The Morgan fingerprint density at radius 3 is 2.66 bits per heavy atom. The first kappa shape index (κ1) is 20.8. The van der Waals surface area contributed by atoms with Gasteiger partial charge in [-0.25, -0.2) is 9.78 Å². The third-order valence-corrected chi connectivity index (χ3v) is 5.12. The summed E-state index contributed by atoms with van der Waals surface area (Å²) in [5.74, 6) is -0.00548. The van der Waals surface area contributed by atoms with Crippen LogP contribution in [0.5, 0.6) is 0 Å². The van der Waals surface area contributed by atoms with E-state index >= 15 is 0 Å². The van der Waals surface area contributed by atoms with Gasteiger partial charge in [0.25, 0.3) is 0 Å². The van der Waals surface area contributed by atoms with Gasteiger partial charge in [0.15, 0.2) is 0 Å². The summed E-state index contributed by atoms with van der Waals surface area (Å²) >= 11 is 6.36. The standard InChI is InChI=1S/C23H24ClN3O2/c1-2-3-8-22-26-15-20(27(22)16-18-6-4-5-7-21(18)24)14-19(23(28)29)13-17-9-11-25-12-10-17/h4-7,9-12,14-15H,2-3,8,13,16H2,1H3,(H,28,29)/b19-14+. The van der Waals surface area contributed by atoms with Crippen LogP contribution < -0.4 is 0 Å². The van der Waals surface area contributed by atoms with Crippen LogP contribution in [0, 0.1) is 0 Å². The van der Waals surface area contributed by atoms with E-state index in [-0.39, 0.29) is 0 Å². The van der Waals surface area contributed by atoms with Crippen LogP contribution in [-0.4, -0.2) is 25.6 Å². The van der Waals surface area contributed by atoms with Gasteiger partial charge in [-0.3, -0.25) is 4.98 Å². The number of hydrogen-bond donors (Lipinski definition) is 1. The molecular formula is C23H24ClN3O2. The minimum atomic E-state index is -0.942. The summed E-state index contributed by atoms with van der Waals surface area (Å²) in [4.78, 5) is 20.4. The fourth-order valence-corrected chi connectivity index (χ4v) is 3.34. The highest BCUT2D eigenvalue weighted by Crippen LogP contribution is 2.21. The Kier molecular flexibility index (Phi) is 7.19. The number of benzene rings is 1. The van der Waals surface area contributed by atoms with E-state index in [1.54, 1.807) is 24.7 Å². The molecule has 3 rings (SSSR count). The van der Waals surface area contributed by atoms with Crippen LogP contribution in [0.15, 0.2) is 60.6 Å². The maximum Gasteiger partial charge on any atom is 0.331 e.